The van der Waals surface area contributed by atoms with Crippen LogP contribution < -0.4 is 5.73 Å². The maximum Gasteiger partial charge on any atom is 0.225 e. The van der Waals surface area contributed by atoms with Crippen LogP contribution >= 0.6 is 0 Å². The Morgan fingerprint density at radius 1 is 1.39 bits per heavy atom. The molecule has 0 radical (unpaired) electrons. The van der Waals surface area contributed by atoms with Crippen molar-refractivity contribution in [2.45, 2.75) is 37.4 Å². The van der Waals surface area contributed by atoms with Gasteiger partial charge in [0.2, 0.25) is 5.91 Å². The Balaban J connectivity index is 1.97. The highest BCUT2D eigenvalue weighted by molar-refractivity contribution is 5.81. The molecule has 1 saturated heterocycles. The Hall–Kier alpha value is -1.86. The molecule has 1 aliphatic heterocycles. The molecule has 0 aromatic heterocycles. The van der Waals surface area contributed by atoms with Gasteiger partial charge in [0.05, 0.1) is 17.7 Å². The van der Waals surface area contributed by atoms with Gasteiger partial charge in [0.15, 0.2) is 0 Å². The lowest BCUT2D eigenvalue weighted by molar-refractivity contribution is -0.129. The van der Waals surface area contributed by atoms with Crippen LogP contribution in [0.2, 0.25) is 0 Å². The van der Waals surface area contributed by atoms with E-state index in [-0.39, 0.29) is 18.0 Å². The van der Waals surface area contributed by atoms with Crippen LogP contribution in [0, 0.1) is 11.3 Å². The molecule has 92 valence electrons. The van der Waals surface area contributed by atoms with Gasteiger partial charge in [0, 0.05) is 18.5 Å². The minimum absolute atomic E-state index is 0.0571. The maximum absolute atomic E-state index is 12.0. The van der Waals surface area contributed by atoms with Crippen LogP contribution in [0.25, 0.3) is 0 Å². The van der Waals surface area contributed by atoms with Crippen molar-refractivity contribution in [3.05, 3.63) is 35.4 Å². The highest BCUT2D eigenvalue weighted by Gasteiger charge is 2.45. The van der Waals surface area contributed by atoms with Crippen molar-refractivity contribution in [1.29, 1.82) is 5.26 Å². The number of amides is 1. The summed E-state index contributed by atoms with van der Waals surface area (Å²) < 4.78 is 0. The summed E-state index contributed by atoms with van der Waals surface area (Å²) in [6, 6.07) is 9.71. The van der Waals surface area contributed by atoms with Gasteiger partial charge in [-0.15, -0.1) is 0 Å². The summed E-state index contributed by atoms with van der Waals surface area (Å²) in [4.78, 5) is 13.9. The lowest BCUT2D eigenvalue weighted by Gasteiger charge is -2.27. The Kier molecular flexibility index (Phi) is 2.57. The fraction of sp³-hybridized carbons (Fsp3) is 0.429. The van der Waals surface area contributed by atoms with E-state index in [1.807, 2.05) is 23.1 Å². The van der Waals surface area contributed by atoms with Gasteiger partial charge in [-0.3, -0.25) is 4.79 Å². The summed E-state index contributed by atoms with van der Waals surface area (Å²) in [5, 5.41) is 8.95. The van der Waals surface area contributed by atoms with E-state index in [2.05, 4.69) is 6.07 Å². The summed E-state index contributed by atoms with van der Waals surface area (Å²) in [6.07, 6.45) is 2.57. The van der Waals surface area contributed by atoms with Crippen molar-refractivity contribution in [2.24, 2.45) is 5.73 Å². The van der Waals surface area contributed by atoms with E-state index in [0.717, 1.165) is 18.4 Å². The number of nitriles is 1. The summed E-state index contributed by atoms with van der Waals surface area (Å²) in [5.41, 5.74) is 7.71. The van der Waals surface area contributed by atoms with E-state index in [1.165, 1.54) is 0 Å². The molecule has 2 N–H and O–H groups in total. The molecule has 1 aromatic rings. The van der Waals surface area contributed by atoms with Crippen LogP contribution in [0.15, 0.2) is 24.3 Å². The van der Waals surface area contributed by atoms with Gasteiger partial charge >= 0.3 is 0 Å². The van der Waals surface area contributed by atoms with Gasteiger partial charge in [0.1, 0.15) is 0 Å². The fourth-order valence-corrected chi connectivity index (χ4v) is 2.76. The van der Waals surface area contributed by atoms with Crippen molar-refractivity contribution in [3.63, 3.8) is 0 Å². The second-order valence-corrected chi connectivity index (χ2v) is 5.08. The maximum atomic E-state index is 12.0. The highest BCUT2D eigenvalue weighted by Crippen LogP contribution is 2.41. The van der Waals surface area contributed by atoms with Crippen LogP contribution in [0.1, 0.15) is 36.4 Å². The Bertz CT molecular complexity index is 530. The molecule has 1 heterocycles. The number of hydrogen-bond donors (Lipinski definition) is 1. The van der Waals surface area contributed by atoms with E-state index in [0.29, 0.717) is 18.0 Å². The predicted octanol–water partition coefficient (Wildman–Crippen LogP) is 1.32. The van der Waals surface area contributed by atoms with Crippen LogP contribution in [0.5, 0.6) is 0 Å². The third-order valence-electron chi connectivity index (χ3n) is 3.70. The molecule has 18 heavy (non-hydrogen) atoms. The number of carbonyl (C=O) groups excluding carboxylic acids is 1. The third-order valence-corrected chi connectivity index (χ3v) is 3.70. The molecule has 2 unspecified atom stereocenters. The van der Waals surface area contributed by atoms with Crippen molar-refractivity contribution in [1.82, 2.24) is 4.90 Å². The molecular weight excluding hydrogens is 226 g/mol. The molecule has 1 amide bonds. The predicted molar refractivity (Wildman–Crippen MR) is 66.4 cm³/mol. The summed E-state index contributed by atoms with van der Waals surface area (Å²) in [5.74, 6) is 0.150. The number of hydrogen-bond acceptors (Lipinski definition) is 3. The number of likely N-dealkylation sites (tertiary alicyclic amines) is 1. The van der Waals surface area contributed by atoms with Gasteiger partial charge in [-0.05, 0) is 30.5 Å². The van der Waals surface area contributed by atoms with E-state index in [4.69, 9.17) is 11.0 Å². The zero-order chi connectivity index (χ0) is 12.7. The van der Waals surface area contributed by atoms with Crippen LogP contribution in [-0.2, 0) is 4.79 Å². The second-order valence-electron chi connectivity index (χ2n) is 5.08. The van der Waals surface area contributed by atoms with Crippen LogP contribution in [0.3, 0.4) is 0 Å². The van der Waals surface area contributed by atoms with Gasteiger partial charge < -0.3 is 10.6 Å². The van der Waals surface area contributed by atoms with E-state index in [9.17, 15) is 4.79 Å². The summed E-state index contributed by atoms with van der Waals surface area (Å²) in [7, 11) is 0. The zero-order valence-electron chi connectivity index (χ0n) is 10.0. The lowest BCUT2D eigenvalue weighted by atomic mass is 9.99. The molecule has 1 aliphatic carbocycles. The molecule has 1 saturated carbocycles. The minimum atomic E-state index is -0.160. The largest absolute Gasteiger partial charge is 0.331 e. The lowest BCUT2D eigenvalue weighted by Crippen LogP contribution is -2.34. The number of nitrogens with zero attached hydrogens (tertiary/aromatic N) is 2. The third kappa shape index (κ3) is 1.77. The first kappa shape index (κ1) is 11.2. The van der Waals surface area contributed by atoms with Crippen molar-refractivity contribution in [2.75, 3.05) is 0 Å². The van der Waals surface area contributed by atoms with Crippen LogP contribution in [0.4, 0.5) is 0 Å². The van der Waals surface area contributed by atoms with E-state index in [1.54, 1.807) is 6.07 Å². The standard InChI is InChI=1S/C14H15N3O/c15-8-9-2-1-3-10(6-9)14-12(16)7-13(18)17(14)11-4-5-11/h1-3,6,11-12,14H,4-5,7,16H2. The monoisotopic (exact) mass is 241 g/mol. The first-order chi connectivity index (χ1) is 8.70. The van der Waals surface area contributed by atoms with Crippen LogP contribution in [-0.4, -0.2) is 22.9 Å². The smallest absolute Gasteiger partial charge is 0.225 e. The normalized spacial score (nSPS) is 27.3. The molecule has 0 spiro atoms. The average molecular weight is 241 g/mol. The molecule has 1 aromatic carbocycles. The number of benzene rings is 1. The van der Waals surface area contributed by atoms with Gasteiger partial charge in [-0.25, -0.2) is 0 Å². The molecule has 4 nitrogen and oxygen atoms in total. The zero-order valence-corrected chi connectivity index (χ0v) is 10.0. The summed E-state index contributed by atoms with van der Waals surface area (Å²) >= 11 is 0. The number of rotatable bonds is 2. The molecule has 0 bridgehead atoms. The SMILES string of the molecule is N#Cc1cccc(C2C(N)CC(=O)N2C2CC2)c1. The Morgan fingerprint density at radius 2 is 2.17 bits per heavy atom. The minimum Gasteiger partial charge on any atom is -0.331 e. The molecule has 4 heteroatoms. The summed E-state index contributed by atoms with van der Waals surface area (Å²) in [6.45, 7) is 0. The van der Waals surface area contributed by atoms with Crippen molar-refractivity contribution < 1.29 is 4.79 Å². The quantitative estimate of drug-likeness (QED) is 0.849. The molecule has 2 aliphatic rings. The highest BCUT2D eigenvalue weighted by atomic mass is 16.2. The molecular formula is C14H15N3O. The van der Waals surface area contributed by atoms with Gasteiger partial charge in [-0.2, -0.15) is 5.26 Å². The van der Waals surface area contributed by atoms with Crippen molar-refractivity contribution >= 4 is 5.91 Å². The average Bonchev–Trinajstić information content (AvgIpc) is 3.15. The van der Waals surface area contributed by atoms with E-state index < -0.39 is 0 Å². The molecule has 3 rings (SSSR count). The van der Waals surface area contributed by atoms with Gasteiger partial charge in [-0.1, -0.05) is 12.1 Å². The molecule has 2 fully saturated rings. The second kappa shape index (κ2) is 4.11. The molecule has 2 atom stereocenters. The van der Waals surface area contributed by atoms with E-state index >= 15 is 0 Å². The number of nitrogens with two attached hydrogens (primary N) is 1. The first-order valence-electron chi connectivity index (χ1n) is 6.27. The first-order valence-corrected chi connectivity index (χ1v) is 6.27. The Labute approximate surface area is 106 Å². The Morgan fingerprint density at radius 3 is 2.83 bits per heavy atom. The van der Waals surface area contributed by atoms with Gasteiger partial charge in [0.25, 0.3) is 0 Å². The topological polar surface area (TPSA) is 70.1 Å². The fourth-order valence-electron chi connectivity index (χ4n) is 2.76. The number of carbonyl (C=O) groups is 1. The van der Waals surface area contributed by atoms with Crippen molar-refractivity contribution in [3.8, 4) is 6.07 Å².